The zero-order valence-electron chi connectivity index (χ0n) is 12.8. The Bertz CT molecular complexity index is 497. The minimum absolute atomic E-state index is 0.117. The molecule has 4 heteroatoms. The van der Waals surface area contributed by atoms with Crippen LogP contribution in [0.15, 0.2) is 24.3 Å². The zero-order chi connectivity index (χ0) is 14.7. The highest BCUT2D eigenvalue weighted by molar-refractivity contribution is 5.82. The van der Waals surface area contributed by atoms with Crippen molar-refractivity contribution in [2.45, 2.75) is 38.3 Å². The molecule has 114 valence electrons. The third-order valence-electron chi connectivity index (χ3n) is 4.59. The second-order valence-corrected chi connectivity index (χ2v) is 6.01. The highest BCUT2D eigenvalue weighted by atomic mass is 16.5. The highest BCUT2D eigenvalue weighted by Gasteiger charge is 2.34. The minimum Gasteiger partial charge on any atom is -0.497 e. The molecule has 2 aliphatic heterocycles. The van der Waals surface area contributed by atoms with Crippen LogP contribution in [0.1, 0.15) is 31.2 Å². The molecule has 3 rings (SSSR count). The molecule has 0 N–H and O–H groups in total. The van der Waals surface area contributed by atoms with Gasteiger partial charge < -0.3 is 9.64 Å². The molecule has 0 spiro atoms. The summed E-state index contributed by atoms with van der Waals surface area (Å²) in [7, 11) is 1.68. The van der Waals surface area contributed by atoms with Gasteiger partial charge in [0.2, 0.25) is 5.91 Å². The Morgan fingerprint density at radius 1 is 1.19 bits per heavy atom. The van der Waals surface area contributed by atoms with E-state index in [1.807, 2.05) is 23.1 Å². The molecule has 2 heterocycles. The maximum atomic E-state index is 12.7. The van der Waals surface area contributed by atoms with Crippen LogP contribution >= 0.6 is 0 Å². The summed E-state index contributed by atoms with van der Waals surface area (Å²) in [6, 6.07) is 8.13. The van der Waals surface area contributed by atoms with Crippen molar-refractivity contribution in [1.29, 1.82) is 0 Å². The number of methoxy groups -OCH3 is 1. The van der Waals surface area contributed by atoms with Crippen molar-refractivity contribution in [2.24, 2.45) is 0 Å². The molecular weight excluding hydrogens is 264 g/mol. The van der Waals surface area contributed by atoms with E-state index in [1.54, 1.807) is 7.11 Å². The Labute approximate surface area is 126 Å². The molecule has 0 radical (unpaired) electrons. The van der Waals surface area contributed by atoms with Gasteiger partial charge in [0.1, 0.15) is 5.75 Å². The molecule has 4 nitrogen and oxygen atoms in total. The molecule has 1 amide bonds. The first-order valence-electron chi connectivity index (χ1n) is 7.94. The van der Waals surface area contributed by atoms with E-state index in [4.69, 9.17) is 4.74 Å². The Morgan fingerprint density at radius 3 is 2.76 bits per heavy atom. The molecule has 21 heavy (non-hydrogen) atoms. The van der Waals surface area contributed by atoms with Crippen LogP contribution in [0.4, 0.5) is 0 Å². The van der Waals surface area contributed by atoms with E-state index in [2.05, 4.69) is 11.0 Å². The van der Waals surface area contributed by atoms with Gasteiger partial charge in [-0.2, -0.15) is 0 Å². The van der Waals surface area contributed by atoms with Gasteiger partial charge in [0.25, 0.3) is 0 Å². The first-order chi connectivity index (χ1) is 10.3. The van der Waals surface area contributed by atoms with E-state index in [0.29, 0.717) is 12.5 Å². The number of hydrogen-bond acceptors (Lipinski definition) is 3. The van der Waals surface area contributed by atoms with Crippen LogP contribution in [-0.2, 0) is 11.3 Å². The maximum absolute atomic E-state index is 12.7. The molecule has 0 bridgehead atoms. The summed E-state index contributed by atoms with van der Waals surface area (Å²) in [6.07, 6.45) is 4.60. The number of nitrogens with zero attached hydrogens (tertiary/aromatic N) is 2. The van der Waals surface area contributed by atoms with Gasteiger partial charge in [-0.15, -0.1) is 0 Å². The van der Waals surface area contributed by atoms with Gasteiger partial charge in [0.05, 0.1) is 13.2 Å². The summed E-state index contributed by atoms with van der Waals surface area (Å²) >= 11 is 0. The van der Waals surface area contributed by atoms with Gasteiger partial charge in [-0.1, -0.05) is 12.1 Å². The number of hydrogen-bond donors (Lipinski definition) is 0. The van der Waals surface area contributed by atoms with Gasteiger partial charge in [0, 0.05) is 13.1 Å². The number of carbonyl (C=O) groups excluding carboxylic acids is 1. The fourth-order valence-electron chi connectivity index (χ4n) is 3.46. The number of piperidine rings is 1. The van der Waals surface area contributed by atoms with Crippen LogP contribution in [0.3, 0.4) is 0 Å². The van der Waals surface area contributed by atoms with Crippen molar-refractivity contribution >= 4 is 5.91 Å². The van der Waals surface area contributed by atoms with Crippen LogP contribution < -0.4 is 4.74 Å². The number of likely N-dealkylation sites (tertiary alicyclic amines) is 2. The summed E-state index contributed by atoms with van der Waals surface area (Å²) in [5, 5.41) is 0. The normalized spacial score (nSPS) is 23.6. The number of ether oxygens (including phenoxy) is 1. The first-order valence-corrected chi connectivity index (χ1v) is 7.94. The monoisotopic (exact) mass is 288 g/mol. The lowest BCUT2D eigenvalue weighted by atomic mass is 10.0. The second kappa shape index (κ2) is 6.48. The lowest BCUT2D eigenvalue weighted by molar-refractivity contribution is -0.140. The number of carbonyl (C=O) groups is 1. The topological polar surface area (TPSA) is 32.8 Å². The Hall–Kier alpha value is -1.55. The van der Waals surface area contributed by atoms with Gasteiger partial charge in [-0.3, -0.25) is 9.69 Å². The quantitative estimate of drug-likeness (QED) is 0.852. The van der Waals surface area contributed by atoms with E-state index in [-0.39, 0.29) is 6.04 Å². The van der Waals surface area contributed by atoms with E-state index in [1.165, 1.54) is 12.8 Å². The van der Waals surface area contributed by atoms with E-state index in [9.17, 15) is 4.79 Å². The van der Waals surface area contributed by atoms with E-state index in [0.717, 1.165) is 43.8 Å². The van der Waals surface area contributed by atoms with Crippen LogP contribution in [-0.4, -0.2) is 48.5 Å². The molecule has 0 aromatic heterocycles. The molecule has 1 aromatic carbocycles. The number of benzene rings is 1. The SMILES string of the molecule is COc1cccc(CN2CCCC(N3CCCC3)C2=O)c1. The predicted octanol–water partition coefficient (Wildman–Crippen LogP) is 2.28. The molecule has 1 unspecified atom stereocenters. The van der Waals surface area contributed by atoms with Gasteiger partial charge >= 0.3 is 0 Å². The van der Waals surface area contributed by atoms with Gasteiger partial charge in [0.15, 0.2) is 0 Å². The molecule has 0 saturated carbocycles. The standard InChI is InChI=1S/C17H24N2O2/c1-21-15-7-4-6-14(12-15)13-19-11-5-8-16(17(19)20)18-9-2-3-10-18/h4,6-7,12,16H,2-3,5,8-11,13H2,1H3. The maximum Gasteiger partial charge on any atom is 0.240 e. The van der Waals surface area contributed by atoms with Gasteiger partial charge in [-0.25, -0.2) is 0 Å². The summed E-state index contributed by atoms with van der Waals surface area (Å²) in [5.74, 6) is 1.17. The van der Waals surface area contributed by atoms with Crippen LogP contribution in [0.2, 0.25) is 0 Å². The Balaban J connectivity index is 1.68. The van der Waals surface area contributed by atoms with Crippen molar-refractivity contribution in [3.63, 3.8) is 0 Å². The third-order valence-corrected chi connectivity index (χ3v) is 4.59. The van der Waals surface area contributed by atoms with Gasteiger partial charge in [-0.05, 0) is 56.5 Å². The van der Waals surface area contributed by atoms with Crippen molar-refractivity contribution in [3.05, 3.63) is 29.8 Å². The molecule has 2 fully saturated rings. The molecule has 1 atom stereocenters. The smallest absolute Gasteiger partial charge is 0.240 e. The lowest BCUT2D eigenvalue weighted by Crippen LogP contribution is -2.51. The number of amides is 1. The molecule has 1 aromatic rings. The minimum atomic E-state index is 0.117. The molecule has 2 aliphatic rings. The first kappa shape index (κ1) is 14.4. The average molecular weight is 288 g/mol. The van der Waals surface area contributed by atoms with Crippen LogP contribution in [0.5, 0.6) is 5.75 Å². The Kier molecular flexibility index (Phi) is 4.44. The van der Waals surface area contributed by atoms with Crippen molar-refractivity contribution in [1.82, 2.24) is 9.80 Å². The zero-order valence-corrected chi connectivity index (χ0v) is 12.8. The van der Waals surface area contributed by atoms with Crippen molar-refractivity contribution in [3.8, 4) is 5.75 Å². The second-order valence-electron chi connectivity index (χ2n) is 6.01. The largest absolute Gasteiger partial charge is 0.497 e. The van der Waals surface area contributed by atoms with Crippen molar-refractivity contribution in [2.75, 3.05) is 26.7 Å². The summed E-state index contributed by atoms with van der Waals surface area (Å²) in [6.45, 7) is 3.74. The highest BCUT2D eigenvalue weighted by Crippen LogP contribution is 2.23. The molecular formula is C17H24N2O2. The summed E-state index contributed by atoms with van der Waals surface area (Å²) < 4.78 is 5.26. The third kappa shape index (κ3) is 3.21. The van der Waals surface area contributed by atoms with Crippen molar-refractivity contribution < 1.29 is 9.53 Å². The number of rotatable bonds is 4. The van der Waals surface area contributed by atoms with Crippen LogP contribution in [0.25, 0.3) is 0 Å². The Morgan fingerprint density at radius 2 is 2.00 bits per heavy atom. The molecule has 2 saturated heterocycles. The summed E-state index contributed by atoms with van der Waals surface area (Å²) in [5.41, 5.74) is 1.14. The lowest BCUT2D eigenvalue weighted by Gasteiger charge is -2.36. The average Bonchev–Trinajstić information content (AvgIpc) is 3.04. The van der Waals surface area contributed by atoms with E-state index < -0.39 is 0 Å². The van der Waals surface area contributed by atoms with Crippen LogP contribution in [0, 0.1) is 0 Å². The predicted molar refractivity (Wildman–Crippen MR) is 82.2 cm³/mol. The van der Waals surface area contributed by atoms with E-state index >= 15 is 0 Å². The summed E-state index contributed by atoms with van der Waals surface area (Å²) in [4.78, 5) is 17.1. The fourth-order valence-corrected chi connectivity index (χ4v) is 3.46. The fraction of sp³-hybridized carbons (Fsp3) is 0.588. The molecule has 0 aliphatic carbocycles.